The van der Waals surface area contributed by atoms with Crippen LogP contribution in [0.4, 0.5) is 4.39 Å². The summed E-state index contributed by atoms with van der Waals surface area (Å²) in [5.74, 6) is 1.37. The zero-order valence-electron chi connectivity index (χ0n) is 19.7. The Balaban J connectivity index is 1.35. The molecule has 0 amide bonds. The molecule has 0 aliphatic carbocycles. The first kappa shape index (κ1) is 22.4. The maximum Gasteiger partial charge on any atom is 0.291 e. The molecule has 0 N–H and O–H groups in total. The van der Waals surface area contributed by atoms with Crippen LogP contribution in [0.5, 0.6) is 11.5 Å². The monoisotopic (exact) mass is 523 g/mol. The molecule has 38 heavy (non-hydrogen) atoms. The van der Waals surface area contributed by atoms with E-state index in [2.05, 4.69) is 10.1 Å². The molecule has 4 heterocycles. The van der Waals surface area contributed by atoms with E-state index in [9.17, 15) is 9.18 Å². The molecular formula is C28H18FN5O3S. The molecule has 3 aromatic carbocycles. The summed E-state index contributed by atoms with van der Waals surface area (Å²) in [5, 5.41) is 9.22. The number of benzene rings is 3. The second-order valence-corrected chi connectivity index (χ2v) is 9.63. The van der Waals surface area contributed by atoms with Crippen molar-refractivity contribution < 1.29 is 13.9 Å². The number of aromatic nitrogens is 5. The smallest absolute Gasteiger partial charge is 0.291 e. The van der Waals surface area contributed by atoms with E-state index in [1.165, 1.54) is 28.0 Å². The van der Waals surface area contributed by atoms with Crippen molar-refractivity contribution >= 4 is 22.4 Å². The zero-order valence-corrected chi connectivity index (χ0v) is 20.6. The van der Waals surface area contributed by atoms with Crippen LogP contribution in [0.25, 0.3) is 39.4 Å². The summed E-state index contributed by atoms with van der Waals surface area (Å²) in [6.45, 7) is 0.993. The van der Waals surface area contributed by atoms with Gasteiger partial charge in [-0.25, -0.2) is 9.07 Å². The number of hydrogen-bond donors (Lipinski definition) is 0. The molecule has 1 aliphatic rings. The first-order valence-corrected chi connectivity index (χ1v) is 12.7. The topological polar surface area (TPSA) is 83.5 Å². The van der Waals surface area contributed by atoms with Crippen LogP contribution in [0.1, 0.15) is 5.56 Å². The van der Waals surface area contributed by atoms with Gasteiger partial charge in [-0.2, -0.15) is 14.6 Å². The normalized spacial score (nSPS) is 13.3. The van der Waals surface area contributed by atoms with Gasteiger partial charge in [0.15, 0.2) is 17.3 Å². The molecule has 0 fully saturated rings. The van der Waals surface area contributed by atoms with Gasteiger partial charge < -0.3 is 9.47 Å². The van der Waals surface area contributed by atoms with Crippen molar-refractivity contribution in [1.82, 2.24) is 24.4 Å². The van der Waals surface area contributed by atoms with E-state index in [4.69, 9.17) is 14.6 Å². The van der Waals surface area contributed by atoms with Crippen molar-refractivity contribution in [2.24, 2.45) is 0 Å². The highest BCUT2D eigenvalue weighted by Gasteiger charge is 2.18. The van der Waals surface area contributed by atoms with Crippen molar-refractivity contribution in [1.29, 1.82) is 0 Å². The fraction of sp³-hybridized carbons (Fsp3) is 0.0714. The first-order chi connectivity index (χ1) is 18.6. The summed E-state index contributed by atoms with van der Waals surface area (Å²) in [6.07, 6.45) is 3.69. The van der Waals surface area contributed by atoms with Crippen LogP contribution in [0.15, 0.2) is 83.8 Å². The lowest BCUT2D eigenvalue weighted by molar-refractivity contribution is 0.171. The van der Waals surface area contributed by atoms with Crippen LogP contribution < -0.4 is 19.6 Å². The summed E-state index contributed by atoms with van der Waals surface area (Å²) in [7, 11) is 0. The van der Waals surface area contributed by atoms with Crippen LogP contribution in [0.3, 0.4) is 0 Å². The van der Waals surface area contributed by atoms with Crippen molar-refractivity contribution in [2.75, 3.05) is 13.2 Å². The third-order valence-corrected chi connectivity index (χ3v) is 7.11. The number of ether oxygens (including phenoxy) is 2. The number of halogens is 1. The Kier molecular flexibility index (Phi) is 5.26. The molecule has 6 aromatic rings. The molecule has 0 bridgehead atoms. The molecule has 8 nitrogen and oxygen atoms in total. The first-order valence-electron chi connectivity index (χ1n) is 11.8. The largest absolute Gasteiger partial charge is 0.486 e. The second kappa shape index (κ2) is 8.93. The third kappa shape index (κ3) is 3.91. The summed E-state index contributed by atoms with van der Waals surface area (Å²) >= 11 is 1.23. The number of para-hydroxylation sites is 1. The van der Waals surface area contributed by atoms with E-state index in [1.54, 1.807) is 22.9 Å². The molecule has 0 spiro atoms. The van der Waals surface area contributed by atoms with Gasteiger partial charge in [-0.3, -0.25) is 4.79 Å². The number of thiazole rings is 1. The predicted octanol–water partition coefficient (Wildman–Crippen LogP) is 4.13. The highest BCUT2D eigenvalue weighted by molar-refractivity contribution is 7.15. The molecule has 0 unspecified atom stereocenters. The number of hydrogen-bond acceptors (Lipinski definition) is 7. The summed E-state index contributed by atoms with van der Waals surface area (Å²) in [5.41, 5.74) is 3.52. The molecule has 0 radical (unpaired) electrons. The van der Waals surface area contributed by atoms with E-state index in [0.717, 1.165) is 16.8 Å². The fourth-order valence-corrected chi connectivity index (χ4v) is 5.22. The fourth-order valence-electron chi connectivity index (χ4n) is 4.32. The minimum absolute atomic E-state index is 0.286. The zero-order chi connectivity index (χ0) is 25.6. The van der Waals surface area contributed by atoms with Gasteiger partial charge in [0.1, 0.15) is 24.7 Å². The SMILES string of the molecule is O=c1/c(=C/c2cn(-c3ccccc3)nc2-c2ccc3c(c2)OCCO3)sc2nc(-c3ccc(F)cc3)nn12. The molecule has 186 valence electrons. The summed E-state index contributed by atoms with van der Waals surface area (Å²) in [6, 6.07) is 21.3. The summed E-state index contributed by atoms with van der Waals surface area (Å²) < 4.78 is 28.3. The van der Waals surface area contributed by atoms with Gasteiger partial charge in [0.2, 0.25) is 4.96 Å². The molecule has 3 aromatic heterocycles. The minimum atomic E-state index is -0.346. The maximum atomic E-state index is 13.3. The minimum Gasteiger partial charge on any atom is -0.486 e. The standard InChI is InChI=1S/C28H18FN5O3S/c29-20-9-6-17(7-10-20)26-30-28-34(32-26)27(35)24(38-28)15-19-16-33(21-4-2-1-3-5-21)31-25(19)18-8-11-22-23(14-18)37-13-12-36-22/h1-11,14-16H,12-13H2/b24-15-. The van der Waals surface area contributed by atoms with Crippen LogP contribution in [0.2, 0.25) is 0 Å². The predicted molar refractivity (Wildman–Crippen MR) is 141 cm³/mol. The van der Waals surface area contributed by atoms with Crippen LogP contribution in [-0.2, 0) is 0 Å². The average Bonchev–Trinajstić information content (AvgIpc) is 3.64. The Morgan fingerprint density at radius 3 is 2.45 bits per heavy atom. The van der Waals surface area contributed by atoms with E-state index in [-0.39, 0.29) is 11.4 Å². The molecule has 10 heteroatoms. The van der Waals surface area contributed by atoms with Gasteiger partial charge in [0.05, 0.1) is 10.2 Å². The van der Waals surface area contributed by atoms with Crippen molar-refractivity contribution in [2.45, 2.75) is 0 Å². The van der Waals surface area contributed by atoms with Crippen molar-refractivity contribution in [3.8, 4) is 39.8 Å². The van der Waals surface area contributed by atoms with Gasteiger partial charge in [-0.15, -0.1) is 5.10 Å². The lowest BCUT2D eigenvalue weighted by Crippen LogP contribution is -2.23. The van der Waals surface area contributed by atoms with E-state index < -0.39 is 0 Å². The molecule has 0 saturated heterocycles. The Hall–Kier alpha value is -4.83. The lowest BCUT2D eigenvalue weighted by atomic mass is 10.1. The van der Waals surface area contributed by atoms with Crippen molar-refractivity contribution in [3.63, 3.8) is 0 Å². The number of fused-ring (bicyclic) bond motifs is 2. The highest BCUT2D eigenvalue weighted by atomic mass is 32.1. The highest BCUT2D eigenvalue weighted by Crippen LogP contribution is 2.35. The molecule has 1 aliphatic heterocycles. The van der Waals surface area contributed by atoms with Gasteiger partial charge in [-0.1, -0.05) is 29.5 Å². The van der Waals surface area contributed by atoms with E-state index in [1.807, 2.05) is 54.7 Å². The van der Waals surface area contributed by atoms with Gasteiger partial charge >= 0.3 is 0 Å². The average molecular weight is 524 g/mol. The van der Waals surface area contributed by atoms with Crippen LogP contribution in [0, 0.1) is 5.82 Å². The molecule has 7 rings (SSSR count). The lowest BCUT2D eigenvalue weighted by Gasteiger charge is -2.18. The van der Waals surface area contributed by atoms with Crippen LogP contribution >= 0.6 is 11.3 Å². The molecule has 0 atom stereocenters. The summed E-state index contributed by atoms with van der Waals surface area (Å²) in [4.78, 5) is 18.2. The molecule has 0 saturated carbocycles. The van der Waals surface area contributed by atoms with Gasteiger partial charge in [-0.05, 0) is 60.7 Å². The number of nitrogens with zero attached hydrogens (tertiary/aromatic N) is 5. The molecular weight excluding hydrogens is 505 g/mol. The van der Waals surface area contributed by atoms with Gasteiger partial charge in [0.25, 0.3) is 5.56 Å². The van der Waals surface area contributed by atoms with E-state index >= 15 is 0 Å². The van der Waals surface area contributed by atoms with Gasteiger partial charge in [0, 0.05) is 22.9 Å². The maximum absolute atomic E-state index is 13.3. The Morgan fingerprint density at radius 1 is 0.895 bits per heavy atom. The quantitative estimate of drug-likeness (QED) is 0.346. The Morgan fingerprint density at radius 2 is 1.66 bits per heavy atom. The van der Waals surface area contributed by atoms with Crippen LogP contribution in [-0.4, -0.2) is 37.6 Å². The Labute approximate surface area is 218 Å². The third-order valence-electron chi connectivity index (χ3n) is 6.15. The number of rotatable bonds is 4. The van der Waals surface area contributed by atoms with Crippen molar-refractivity contribution in [3.05, 3.63) is 105 Å². The van der Waals surface area contributed by atoms with E-state index in [0.29, 0.717) is 51.3 Å². The Bertz CT molecular complexity index is 1910. The second-order valence-electron chi connectivity index (χ2n) is 8.62.